The number of anilines is 1. The molecule has 1 amide bonds. The molecule has 0 aliphatic carbocycles. The first kappa shape index (κ1) is 25.4. The van der Waals surface area contributed by atoms with Crippen LogP contribution in [0.5, 0.6) is 5.75 Å². The Kier molecular flexibility index (Phi) is 6.99. The maximum atomic E-state index is 13.1. The third-order valence-electron chi connectivity index (χ3n) is 6.37. The highest BCUT2D eigenvalue weighted by molar-refractivity contribution is 7.90. The van der Waals surface area contributed by atoms with E-state index in [-0.39, 0.29) is 39.7 Å². The van der Waals surface area contributed by atoms with Crippen LogP contribution in [0.3, 0.4) is 0 Å². The van der Waals surface area contributed by atoms with Crippen LogP contribution in [-0.4, -0.2) is 49.3 Å². The summed E-state index contributed by atoms with van der Waals surface area (Å²) in [6.45, 7) is 3.36. The number of nitrogens with one attached hydrogen (secondary N) is 1. The Balaban J connectivity index is 1.42. The molecular formula is C23H26Cl3N3O4S. The molecule has 1 aromatic heterocycles. The van der Waals surface area contributed by atoms with Crippen LogP contribution in [0.2, 0.25) is 15.1 Å². The zero-order chi connectivity index (χ0) is 24.8. The Hall–Kier alpha value is -1.74. The lowest BCUT2D eigenvalue weighted by Gasteiger charge is -2.40. The average molecular weight is 547 g/mol. The summed E-state index contributed by atoms with van der Waals surface area (Å²) in [6.07, 6.45) is 6.09. The van der Waals surface area contributed by atoms with Gasteiger partial charge in [-0.3, -0.25) is 4.79 Å². The van der Waals surface area contributed by atoms with Gasteiger partial charge in [0.2, 0.25) is 0 Å². The number of nitrogens with zero attached hydrogens (tertiary/aromatic N) is 2. The Morgan fingerprint density at radius 3 is 2.26 bits per heavy atom. The molecule has 2 fully saturated rings. The molecule has 2 saturated heterocycles. The molecule has 1 N–H and O–H groups in total. The Morgan fingerprint density at radius 2 is 1.71 bits per heavy atom. The molecule has 1 aromatic carbocycles. The first-order valence-electron chi connectivity index (χ1n) is 10.9. The molecular weight excluding hydrogens is 521 g/mol. The maximum Gasteiger partial charge on any atom is 0.263 e. The van der Waals surface area contributed by atoms with E-state index in [9.17, 15) is 13.2 Å². The largest absolute Gasteiger partial charge is 0.476 e. The molecule has 4 rings (SSSR count). The van der Waals surface area contributed by atoms with Gasteiger partial charge in [-0.2, -0.15) is 0 Å². The fourth-order valence-corrected chi connectivity index (χ4v) is 5.81. The Morgan fingerprint density at radius 1 is 1.09 bits per heavy atom. The number of hydrogen-bond donors (Lipinski definition) is 1. The molecule has 2 atom stereocenters. The van der Waals surface area contributed by atoms with Gasteiger partial charge in [-0.25, -0.2) is 13.4 Å². The van der Waals surface area contributed by atoms with Crippen molar-refractivity contribution in [3.8, 4) is 5.75 Å². The van der Waals surface area contributed by atoms with Crippen LogP contribution in [0.4, 0.5) is 5.82 Å². The quantitative estimate of drug-likeness (QED) is 0.518. The molecule has 0 radical (unpaired) electrons. The average Bonchev–Trinajstić information content (AvgIpc) is 3.01. The van der Waals surface area contributed by atoms with Gasteiger partial charge in [0.05, 0.1) is 20.0 Å². The van der Waals surface area contributed by atoms with E-state index in [1.807, 2.05) is 0 Å². The van der Waals surface area contributed by atoms with Gasteiger partial charge in [-0.05, 0) is 57.7 Å². The third kappa shape index (κ3) is 5.25. The molecule has 184 valence electrons. The van der Waals surface area contributed by atoms with Crippen molar-refractivity contribution in [2.75, 3.05) is 11.2 Å². The molecule has 0 saturated carbocycles. The van der Waals surface area contributed by atoms with Gasteiger partial charge in [0.1, 0.15) is 11.6 Å². The van der Waals surface area contributed by atoms with Gasteiger partial charge in [0.25, 0.3) is 5.91 Å². The van der Waals surface area contributed by atoms with Crippen LogP contribution in [0, 0.1) is 0 Å². The normalized spacial score (nSPS) is 22.5. The lowest BCUT2D eigenvalue weighted by atomic mass is 9.96. The standard InChI is InChI=1S/C23H26Cl3N3O4S/c1-23(2,33-20-11-18(25)17(24)10-19(20)26)22(30)28-13-8-14-4-5-15(9-13)29(14)21-7-6-16(12-27-21)34(3,31)32/h6-7,10-15H,4-5,8-9H2,1-3H3,(H,28,30). The summed E-state index contributed by atoms with van der Waals surface area (Å²) >= 11 is 18.3. The lowest BCUT2D eigenvalue weighted by molar-refractivity contribution is -0.135. The number of pyridine rings is 1. The van der Waals surface area contributed by atoms with Crippen molar-refractivity contribution in [1.82, 2.24) is 10.3 Å². The molecule has 2 aromatic rings. The van der Waals surface area contributed by atoms with Crippen LogP contribution >= 0.6 is 34.8 Å². The summed E-state index contributed by atoms with van der Waals surface area (Å²) < 4.78 is 29.4. The van der Waals surface area contributed by atoms with E-state index in [1.54, 1.807) is 26.0 Å². The van der Waals surface area contributed by atoms with Gasteiger partial charge in [-0.15, -0.1) is 0 Å². The summed E-state index contributed by atoms with van der Waals surface area (Å²) in [6, 6.07) is 6.77. The fourth-order valence-electron chi connectivity index (χ4n) is 4.68. The van der Waals surface area contributed by atoms with Crippen molar-refractivity contribution in [3.05, 3.63) is 45.5 Å². The highest BCUT2D eigenvalue weighted by Crippen LogP contribution is 2.39. The summed E-state index contributed by atoms with van der Waals surface area (Å²) in [5.41, 5.74) is -1.18. The minimum atomic E-state index is -3.29. The molecule has 3 heterocycles. The Labute approximate surface area is 214 Å². The van der Waals surface area contributed by atoms with Crippen LogP contribution in [-0.2, 0) is 14.6 Å². The molecule has 2 bridgehead atoms. The van der Waals surface area contributed by atoms with E-state index < -0.39 is 15.4 Å². The smallest absolute Gasteiger partial charge is 0.263 e. The second-order valence-electron chi connectivity index (χ2n) is 9.37. The second kappa shape index (κ2) is 9.37. The van der Waals surface area contributed by atoms with E-state index in [0.717, 1.165) is 31.5 Å². The number of amides is 1. The first-order chi connectivity index (χ1) is 15.8. The highest BCUT2D eigenvalue weighted by atomic mass is 35.5. The zero-order valence-electron chi connectivity index (χ0n) is 19.0. The fraction of sp³-hybridized carbons (Fsp3) is 0.478. The molecule has 34 heavy (non-hydrogen) atoms. The van der Waals surface area contributed by atoms with E-state index in [2.05, 4.69) is 15.2 Å². The van der Waals surface area contributed by atoms with E-state index in [0.29, 0.717) is 10.0 Å². The number of ether oxygens (including phenoxy) is 1. The van der Waals surface area contributed by atoms with E-state index in [4.69, 9.17) is 39.5 Å². The van der Waals surface area contributed by atoms with Gasteiger partial charge < -0.3 is 15.0 Å². The van der Waals surface area contributed by atoms with Crippen LogP contribution in [0.15, 0.2) is 35.4 Å². The summed E-state index contributed by atoms with van der Waals surface area (Å²) in [4.78, 5) is 20.0. The number of carbonyl (C=O) groups excluding carboxylic acids is 1. The number of piperidine rings is 1. The molecule has 0 spiro atoms. The number of rotatable bonds is 6. The highest BCUT2D eigenvalue weighted by Gasteiger charge is 2.43. The number of aromatic nitrogens is 1. The number of hydrogen-bond acceptors (Lipinski definition) is 6. The van der Waals surface area contributed by atoms with Crippen molar-refractivity contribution in [2.45, 2.75) is 68.2 Å². The topological polar surface area (TPSA) is 88.6 Å². The lowest BCUT2D eigenvalue weighted by Crippen LogP contribution is -2.55. The van der Waals surface area contributed by atoms with Crippen molar-refractivity contribution in [3.63, 3.8) is 0 Å². The predicted molar refractivity (Wildman–Crippen MR) is 134 cm³/mol. The number of halogens is 3. The van der Waals surface area contributed by atoms with E-state index in [1.165, 1.54) is 24.6 Å². The van der Waals surface area contributed by atoms with Crippen molar-refractivity contribution in [2.24, 2.45) is 0 Å². The summed E-state index contributed by atoms with van der Waals surface area (Å²) in [5, 5.41) is 4.01. The zero-order valence-corrected chi connectivity index (χ0v) is 22.1. The van der Waals surface area contributed by atoms with Crippen LogP contribution in [0.1, 0.15) is 39.5 Å². The van der Waals surface area contributed by atoms with Crippen LogP contribution < -0.4 is 15.0 Å². The molecule has 11 heteroatoms. The van der Waals surface area contributed by atoms with Gasteiger partial charge in [-0.1, -0.05) is 34.8 Å². The minimum Gasteiger partial charge on any atom is -0.476 e. The van der Waals surface area contributed by atoms with Crippen molar-refractivity contribution < 1.29 is 17.9 Å². The molecule has 2 aliphatic heterocycles. The predicted octanol–water partition coefficient (Wildman–Crippen LogP) is 4.92. The summed E-state index contributed by atoms with van der Waals surface area (Å²) in [5.74, 6) is 0.806. The second-order valence-corrected chi connectivity index (χ2v) is 12.6. The van der Waals surface area contributed by atoms with Crippen molar-refractivity contribution >= 4 is 56.4 Å². The maximum absolute atomic E-state index is 13.1. The molecule has 2 aliphatic rings. The summed E-state index contributed by atoms with van der Waals surface area (Å²) in [7, 11) is -3.29. The number of benzene rings is 1. The first-order valence-corrected chi connectivity index (χ1v) is 14.0. The van der Waals surface area contributed by atoms with Gasteiger partial charge in [0, 0.05) is 36.6 Å². The van der Waals surface area contributed by atoms with Gasteiger partial charge in [0.15, 0.2) is 15.4 Å². The molecule has 2 unspecified atom stereocenters. The van der Waals surface area contributed by atoms with E-state index >= 15 is 0 Å². The van der Waals surface area contributed by atoms with Crippen molar-refractivity contribution in [1.29, 1.82) is 0 Å². The number of fused-ring (bicyclic) bond motifs is 2. The monoisotopic (exact) mass is 545 g/mol. The van der Waals surface area contributed by atoms with Gasteiger partial charge >= 0.3 is 0 Å². The van der Waals surface area contributed by atoms with Crippen LogP contribution in [0.25, 0.3) is 0 Å². The Bertz CT molecular complexity index is 1190. The molecule has 7 nitrogen and oxygen atoms in total. The third-order valence-corrected chi connectivity index (χ3v) is 8.48. The number of sulfone groups is 1. The number of carbonyl (C=O) groups is 1. The SMILES string of the molecule is CC(C)(Oc1cc(Cl)c(Cl)cc1Cl)C(=O)NC1CC2CCC(C1)N2c1ccc(S(C)(=O)=O)cn1. The minimum absolute atomic E-state index is 0.0105.